The minimum absolute atomic E-state index is 0. The Kier molecular flexibility index (Phi) is 7.24. The van der Waals surface area contributed by atoms with Gasteiger partial charge in [0.25, 0.3) is 5.91 Å². The number of nitrogens with two attached hydrogens (primary N) is 1. The first-order chi connectivity index (χ1) is 11.1. The van der Waals surface area contributed by atoms with Gasteiger partial charge in [0.2, 0.25) is 10.0 Å². The largest absolute Gasteiger partial charge is 0.405 e. The van der Waals surface area contributed by atoms with Gasteiger partial charge >= 0.3 is 6.18 Å². The quantitative estimate of drug-likeness (QED) is 0.779. The maximum atomic E-state index is 12.5. The van der Waals surface area contributed by atoms with E-state index in [-0.39, 0.29) is 28.8 Å². The second-order valence-corrected chi connectivity index (χ2v) is 7.51. The summed E-state index contributed by atoms with van der Waals surface area (Å²) in [5.74, 6) is -0.798. The molecule has 1 fully saturated rings. The smallest absolute Gasteiger partial charge is 0.343 e. The van der Waals surface area contributed by atoms with E-state index < -0.39 is 28.7 Å². The number of hydrogen-bond donors (Lipinski definition) is 2. The Bertz CT molecular complexity index is 696. The van der Waals surface area contributed by atoms with Gasteiger partial charge in [-0.05, 0) is 43.1 Å². The van der Waals surface area contributed by atoms with Crippen LogP contribution in [-0.2, 0) is 10.0 Å². The van der Waals surface area contributed by atoms with Gasteiger partial charge < -0.3 is 11.1 Å². The maximum absolute atomic E-state index is 12.5. The van der Waals surface area contributed by atoms with Crippen LogP contribution in [-0.4, -0.2) is 51.0 Å². The fourth-order valence-corrected chi connectivity index (χ4v) is 3.95. The van der Waals surface area contributed by atoms with Crippen LogP contribution in [0.4, 0.5) is 13.2 Å². The van der Waals surface area contributed by atoms with Crippen molar-refractivity contribution in [3.8, 4) is 0 Å². The van der Waals surface area contributed by atoms with E-state index in [9.17, 15) is 26.4 Å². The van der Waals surface area contributed by atoms with Crippen molar-refractivity contribution in [1.82, 2.24) is 9.62 Å². The molecule has 1 aromatic carbocycles. The van der Waals surface area contributed by atoms with E-state index in [0.29, 0.717) is 26.1 Å². The molecule has 25 heavy (non-hydrogen) atoms. The summed E-state index contributed by atoms with van der Waals surface area (Å²) in [6.07, 6.45) is -3.82. The first-order valence-electron chi connectivity index (χ1n) is 7.29. The predicted octanol–water partition coefficient (Wildman–Crippen LogP) is 1.37. The molecule has 2 rings (SSSR count). The molecule has 1 aliphatic heterocycles. The zero-order valence-corrected chi connectivity index (χ0v) is 14.8. The average molecular weight is 402 g/mol. The highest BCUT2D eigenvalue weighted by molar-refractivity contribution is 7.89. The fourth-order valence-electron chi connectivity index (χ4n) is 2.42. The SMILES string of the molecule is Cl.NCC1CCN(S(=O)(=O)c2ccc(C(=O)NCC(F)(F)F)cc2)C1. The number of nitrogens with zero attached hydrogens (tertiary/aromatic N) is 1. The summed E-state index contributed by atoms with van der Waals surface area (Å²) in [5, 5.41) is 1.73. The highest BCUT2D eigenvalue weighted by atomic mass is 35.5. The van der Waals surface area contributed by atoms with Crippen LogP contribution in [0.25, 0.3) is 0 Å². The third-order valence-electron chi connectivity index (χ3n) is 3.79. The van der Waals surface area contributed by atoms with Crippen molar-refractivity contribution in [3.63, 3.8) is 0 Å². The van der Waals surface area contributed by atoms with E-state index in [1.165, 1.54) is 28.6 Å². The molecule has 1 amide bonds. The number of carbonyl (C=O) groups is 1. The van der Waals surface area contributed by atoms with Crippen LogP contribution >= 0.6 is 12.4 Å². The van der Waals surface area contributed by atoms with Gasteiger partial charge in [-0.2, -0.15) is 17.5 Å². The third-order valence-corrected chi connectivity index (χ3v) is 5.66. The van der Waals surface area contributed by atoms with Crippen LogP contribution in [0.3, 0.4) is 0 Å². The van der Waals surface area contributed by atoms with Gasteiger partial charge in [-0.25, -0.2) is 8.42 Å². The molecule has 1 unspecified atom stereocenters. The number of halogens is 4. The number of carbonyl (C=O) groups excluding carboxylic acids is 1. The Morgan fingerprint density at radius 3 is 2.36 bits per heavy atom. The average Bonchev–Trinajstić information content (AvgIpc) is 3.02. The summed E-state index contributed by atoms with van der Waals surface area (Å²) in [5.41, 5.74) is 5.50. The molecule has 0 spiro atoms. The number of sulfonamides is 1. The lowest BCUT2D eigenvalue weighted by atomic mass is 10.1. The lowest BCUT2D eigenvalue weighted by Gasteiger charge is -2.16. The molecule has 1 saturated heterocycles. The van der Waals surface area contributed by atoms with Crippen molar-refractivity contribution in [1.29, 1.82) is 0 Å². The molecule has 1 aliphatic rings. The second kappa shape index (κ2) is 8.35. The Labute approximate surface area is 150 Å². The first kappa shape index (κ1) is 21.7. The minimum Gasteiger partial charge on any atom is -0.343 e. The summed E-state index contributed by atoms with van der Waals surface area (Å²) >= 11 is 0. The van der Waals surface area contributed by atoms with Crippen LogP contribution in [0.15, 0.2) is 29.2 Å². The summed E-state index contributed by atoms with van der Waals surface area (Å²) in [4.78, 5) is 11.6. The Balaban J connectivity index is 0.00000312. The molecule has 0 saturated carbocycles. The van der Waals surface area contributed by atoms with Gasteiger partial charge in [-0.3, -0.25) is 4.79 Å². The third kappa shape index (κ3) is 5.56. The Morgan fingerprint density at radius 1 is 1.28 bits per heavy atom. The molecule has 11 heteroatoms. The molecule has 0 aromatic heterocycles. The van der Waals surface area contributed by atoms with E-state index in [4.69, 9.17) is 5.73 Å². The van der Waals surface area contributed by atoms with Crippen molar-refractivity contribution in [2.75, 3.05) is 26.2 Å². The molecular weight excluding hydrogens is 383 g/mol. The van der Waals surface area contributed by atoms with E-state index in [1.807, 2.05) is 0 Å². The van der Waals surface area contributed by atoms with Crippen LogP contribution in [0.2, 0.25) is 0 Å². The van der Waals surface area contributed by atoms with Crippen molar-refractivity contribution < 1.29 is 26.4 Å². The standard InChI is InChI=1S/C14H18F3N3O3S.ClH/c15-14(16,17)9-19-13(21)11-1-3-12(4-2-11)24(22,23)20-6-5-10(7-18)8-20;/h1-4,10H,5-9,18H2,(H,19,21);1H. The van der Waals surface area contributed by atoms with Gasteiger partial charge in [0, 0.05) is 18.7 Å². The summed E-state index contributed by atoms with van der Waals surface area (Å²) < 4.78 is 62.5. The highest BCUT2D eigenvalue weighted by Gasteiger charge is 2.32. The molecule has 0 radical (unpaired) electrons. The van der Waals surface area contributed by atoms with Crippen molar-refractivity contribution in [2.24, 2.45) is 11.7 Å². The number of hydrogen-bond acceptors (Lipinski definition) is 4. The van der Waals surface area contributed by atoms with Crippen LogP contribution in [0, 0.1) is 5.92 Å². The van der Waals surface area contributed by atoms with Gasteiger partial charge in [-0.1, -0.05) is 0 Å². The van der Waals surface area contributed by atoms with E-state index in [1.54, 1.807) is 5.32 Å². The number of nitrogens with one attached hydrogen (secondary N) is 1. The van der Waals surface area contributed by atoms with Gasteiger partial charge in [0.15, 0.2) is 0 Å². The molecule has 1 atom stereocenters. The van der Waals surface area contributed by atoms with E-state index >= 15 is 0 Å². The Morgan fingerprint density at radius 2 is 1.88 bits per heavy atom. The first-order valence-corrected chi connectivity index (χ1v) is 8.73. The van der Waals surface area contributed by atoms with Crippen molar-refractivity contribution in [2.45, 2.75) is 17.5 Å². The van der Waals surface area contributed by atoms with Crippen LogP contribution < -0.4 is 11.1 Å². The molecule has 142 valence electrons. The predicted molar refractivity (Wildman–Crippen MR) is 88.0 cm³/mol. The number of benzene rings is 1. The fraction of sp³-hybridized carbons (Fsp3) is 0.500. The molecule has 1 aromatic rings. The molecule has 0 bridgehead atoms. The van der Waals surface area contributed by atoms with Gasteiger partial charge in [0.1, 0.15) is 6.54 Å². The second-order valence-electron chi connectivity index (χ2n) is 5.58. The lowest BCUT2D eigenvalue weighted by molar-refractivity contribution is -0.123. The molecular formula is C14H19ClF3N3O3S. The molecule has 6 nitrogen and oxygen atoms in total. The monoisotopic (exact) mass is 401 g/mol. The van der Waals surface area contributed by atoms with Crippen LogP contribution in [0.5, 0.6) is 0 Å². The molecule has 1 heterocycles. The van der Waals surface area contributed by atoms with Gasteiger partial charge in [-0.15, -0.1) is 12.4 Å². The van der Waals surface area contributed by atoms with Crippen molar-refractivity contribution in [3.05, 3.63) is 29.8 Å². The van der Waals surface area contributed by atoms with Gasteiger partial charge in [0.05, 0.1) is 4.90 Å². The summed E-state index contributed by atoms with van der Waals surface area (Å²) in [7, 11) is -3.69. The molecule has 0 aliphatic carbocycles. The number of rotatable bonds is 5. The summed E-state index contributed by atoms with van der Waals surface area (Å²) in [6.45, 7) is -0.324. The number of alkyl halides is 3. The van der Waals surface area contributed by atoms with E-state index in [2.05, 4.69) is 0 Å². The Hall–Kier alpha value is -1.36. The minimum atomic E-state index is -4.51. The van der Waals surface area contributed by atoms with Crippen LogP contribution in [0.1, 0.15) is 16.8 Å². The number of amides is 1. The zero-order valence-electron chi connectivity index (χ0n) is 13.1. The molecule has 3 N–H and O–H groups in total. The topological polar surface area (TPSA) is 92.5 Å². The van der Waals surface area contributed by atoms with Crippen molar-refractivity contribution >= 4 is 28.3 Å². The maximum Gasteiger partial charge on any atom is 0.405 e. The highest BCUT2D eigenvalue weighted by Crippen LogP contribution is 2.24. The lowest BCUT2D eigenvalue weighted by Crippen LogP contribution is -2.33. The zero-order chi connectivity index (χ0) is 18.0. The summed E-state index contributed by atoms with van der Waals surface area (Å²) in [6, 6.07) is 4.81. The van der Waals surface area contributed by atoms with E-state index in [0.717, 1.165) is 0 Å². The normalized spacial score (nSPS) is 18.6.